The molecule has 0 fully saturated rings. The number of sulfone groups is 1. The Labute approximate surface area is 269 Å². The molecule has 7 aromatic rings. The first-order chi connectivity index (χ1) is 22.1. The summed E-state index contributed by atoms with van der Waals surface area (Å²) in [6.45, 7) is 0. The first-order valence-electron chi connectivity index (χ1n) is 14.8. The molecule has 0 bridgehead atoms. The highest BCUT2D eigenvalue weighted by atomic mass is 32.2. The zero-order valence-corrected chi connectivity index (χ0v) is 26.2. The van der Waals surface area contributed by atoms with Crippen molar-refractivity contribution in [3.05, 3.63) is 160 Å². The van der Waals surface area contributed by atoms with Crippen LogP contribution in [0.15, 0.2) is 148 Å². The van der Waals surface area contributed by atoms with Gasteiger partial charge >= 0.3 is 0 Å². The van der Waals surface area contributed by atoms with Gasteiger partial charge in [-0.15, -0.1) is 22.7 Å². The van der Waals surface area contributed by atoms with Gasteiger partial charge in [0.2, 0.25) is 9.84 Å². The summed E-state index contributed by atoms with van der Waals surface area (Å²) in [4.78, 5) is 5.76. The molecule has 6 heteroatoms. The van der Waals surface area contributed by atoms with E-state index in [9.17, 15) is 8.42 Å². The molecule has 45 heavy (non-hydrogen) atoms. The van der Waals surface area contributed by atoms with Gasteiger partial charge in [-0.1, -0.05) is 72.8 Å². The molecule has 0 N–H and O–H groups in total. The minimum Gasteiger partial charge on any atom is -0.310 e. The zero-order chi connectivity index (χ0) is 29.9. The molecule has 4 heterocycles. The van der Waals surface area contributed by atoms with E-state index in [1.165, 1.54) is 32.0 Å². The lowest BCUT2D eigenvalue weighted by atomic mass is 9.65. The third kappa shape index (κ3) is 3.16. The molecule has 3 aliphatic rings. The predicted octanol–water partition coefficient (Wildman–Crippen LogP) is 10.4. The van der Waals surface area contributed by atoms with Crippen molar-refractivity contribution in [1.82, 2.24) is 0 Å². The van der Waals surface area contributed by atoms with Gasteiger partial charge in [0, 0.05) is 26.6 Å². The molecule has 0 radical (unpaired) electrons. The molecule has 0 unspecified atom stereocenters. The molecule has 1 aliphatic carbocycles. The van der Waals surface area contributed by atoms with Crippen LogP contribution in [0.5, 0.6) is 0 Å². The molecule has 2 aliphatic heterocycles. The van der Waals surface area contributed by atoms with Crippen molar-refractivity contribution in [2.45, 2.75) is 15.2 Å². The molecule has 3 nitrogen and oxygen atoms in total. The predicted molar refractivity (Wildman–Crippen MR) is 184 cm³/mol. The van der Waals surface area contributed by atoms with Crippen LogP contribution in [0.25, 0.3) is 32.0 Å². The maximum Gasteiger partial charge on any atom is 0.207 e. The Hall–Kier alpha value is -4.75. The smallest absolute Gasteiger partial charge is 0.207 e. The van der Waals surface area contributed by atoms with Crippen LogP contribution < -0.4 is 4.90 Å². The lowest BCUT2D eigenvalue weighted by Gasteiger charge is -2.44. The van der Waals surface area contributed by atoms with E-state index in [-0.39, 0.29) is 0 Å². The molecule has 1 spiro atoms. The Morgan fingerprint density at radius 3 is 1.71 bits per heavy atom. The fourth-order valence-electron chi connectivity index (χ4n) is 7.82. The number of thiophene rings is 2. The molecule has 10 rings (SSSR count). The summed E-state index contributed by atoms with van der Waals surface area (Å²) in [5.41, 5.74) is 11.5. The summed E-state index contributed by atoms with van der Waals surface area (Å²) in [6, 6.07) is 43.7. The van der Waals surface area contributed by atoms with E-state index in [2.05, 4.69) is 94.5 Å². The summed E-state index contributed by atoms with van der Waals surface area (Å²) in [6.07, 6.45) is 0. The van der Waals surface area contributed by atoms with Crippen LogP contribution in [0, 0.1) is 0 Å². The highest BCUT2D eigenvalue weighted by molar-refractivity contribution is 7.92. The highest BCUT2D eigenvalue weighted by Gasteiger charge is 2.52. The molecule has 0 saturated heterocycles. The summed E-state index contributed by atoms with van der Waals surface area (Å²) < 4.78 is 27.5. The van der Waals surface area contributed by atoms with E-state index in [1.807, 2.05) is 59.1 Å². The molecule has 0 atom stereocenters. The van der Waals surface area contributed by atoms with Crippen LogP contribution in [0.4, 0.5) is 17.1 Å². The van der Waals surface area contributed by atoms with Crippen LogP contribution >= 0.6 is 22.7 Å². The quantitative estimate of drug-likeness (QED) is 0.190. The number of hydrogen-bond donors (Lipinski definition) is 0. The Balaban J connectivity index is 1.22. The van der Waals surface area contributed by atoms with E-state index in [0.29, 0.717) is 9.79 Å². The van der Waals surface area contributed by atoms with Crippen molar-refractivity contribution in [3.8, 4) is 32.0 Å². The van der Waals surface area contributed by atoms with Gasteiger partial charge in [-0.3, -0.25) is 0 Å². The summed E-state index contributed by atoms with van der Waals surface area (Å²) >= 11 is 3.64. The van der Waals surface area contributed by atoms with Crippen molar-refractivity contribution in [2.75, 3.05) is 4.90 Å². The maximum atomic E-state index is 13.7. The minimum atomic E-state index is -3.62. The summed E-state index contributed by atoms with van der Waals surface area (Å²) in [5.74, 6) is 0. The van der Waals surface area contributed by atoms with Gasteiger partial charge in [0.05, 0.1) is 26.6 Å². The molecule has 0 amide bonds. The average molecular weight is 634 g/mol. The summed E-state index contributed by atoms with van der Waals surface area (Å²) in [7, 11) is -3.62. The second kappa shape index (κ2) is 8.92. The number of nitrogens with zero attached hydrogens (tertiary/aromatic N) is 1. The van der Waals surface area contributed by atoms with Crippen molar-refractivity contribution >= 4 is 49.6 Å². The van der Waals surface area contributed by atoms with Crippen LogP contribution in [0.2, 0.25) is 0 Å². The second-order valence-electron chi connectivity index (χ2n) is 11.7. The number of anilines is 3. The Morgan fingerprint density at radius 2 is 1.07 bits per heavy atom. The average Bonchev–Trinajstić information content (AvgIpc) is 3.85. The van der Waals surface area contributed by atoms with Gasteiger partial charge in [0.25, 0.3) is 0 Å². The molecular formula is C39H23NO2S3. The largest absolute Gasteiger partial charge is 0.310 e. The van der Waals surface area contributed by atoms with Crippen LogP contribution in [0.3, 0.4) is 0 Å². The zero-order valence-electron chi connectivity index (χ0n) is 23.8. The first-order valence-corrected chi connectivity index (χ1v) is 18.1. The van der Waals surface area contributed by atoms with Crippen LogP contribution in [0.1, 0.15) is 22.3 Å². The fraction of sp³-hybridized carbons (Fsp3) is 0.0256. The SMILES string of the molecule is O=S1(=O)c2ccc(-c3ccccc3)cc2-c2cc(N3c4ccccc4C4(c5ccccc53)c3ccsc3-c3sccc34)ccc21. The number of fused-ring (bicyclic) bond motifs is 12. The number of hydrogen-bond acceptors (Lipinski definition) is 5. The maximum absolute atomic E-state index is 13.7. The highest BCUT2D eigenvalue weighted by Crippen LogP contribution is 2.65. The van der Waals surface area contributed by atoms with Gasteiger partial charge in [-0.05, 0) is 98.7 Å². The molecule has 5 aromatic carbocycles. The Kier molecular flexibility index (Phi) is 5.07. The number of benzene rings is 5. The molecular weight excluding hydrogens is 611 g/mol. The monoisotopic (exact) mass is 633 g/mol. The van der Waals surface area contributed by atoms with Crippen molar-refractivity contribution < 1.29 is 8.42 Å². The van der Waals surface area contributed by atoms with E-state index in [4.69, 9.17) is 0 Å². The summed E-state index contributed by atoms with van der Waals surface area (Å²) in [5, 5.41) is 4.43. The number of rotatable bonds is 2. The van der Waals surface area contributed by atoms with E-state index < -0.39 is 15.3 Å². The molecule has 2 aromatic heterocycles. The lowest BCUT2D eigenvalue weighted by Crippen LogP contribution is -2.35. The Bertz CT molecular complexity index is 2380. The van der Waals surface area contributed by atoms with Crippen molar-refractivity contribution in [2.24, 2.45) is 0 Å². The van der Waals surface area contributed by atoms with Crippen molar-refractivity contribution in [1.29, 1.82) is 0 Å². The van der Waals surface area contributed by atoms with E-state index in [1.54, 1.807) is 12.1 Å². The number of para-hydroxylation sites is 2. The second-order valence-corrected chi connectivity index (χ2v) is 15.4. The third-order valence-corrected chi connectivity index (χ3v) is 13.5. The van der Waals surface area contributed by atoms with Crippen molar-refractivity contribution in [3.63, 3.8) is 0 Å². The van der Waals surface area contributed by atoms with E-state index in [0.717, 1.165) is 39.3 Å². The normalized spacial score (nSPS) is 15.6. The van der Waals surface area contributed by atoms with Crippen LogP contribution in [-0.2, 0) is 15.3 Å². The topological polar surface area (TPSA) is 37.4 Å². The van der Waals surface area contributed by atoms with Gasteiger partial charge in [-0.25, -0.2) is 8.42 Å². The van der Waals surface area contributed by atoms with Gasteiger partial charge in [0.15, 0.2) is 0 Å². The van der Waals surface area contributed by atoms with Gasteiger partial charge in [0.1, 0.15) is 0 Å². The first kappa shape index (κ1) is 25.6. The fourth-order valence-corrected chi connectivity index (χ4v) is 11.6. The lowest BCUT2D eigenvalue weighted by molar-refractivity contribution is 0.598. The third-order valence-electron chi connectivity index (χ3n) is 9.62. The van der Waals surface area contributed by atoms with Gasteiger partial charge in [-0.2, -0.15) is 0 Å². The Morgan fingerprint density at radius 1 is 0.511 bits per heavy atom. The standard InChI is InChI=1S/C39H23NO2S3/c41-45(42)35-16-14-25(24-8-2-1-3-9-24)22-27(35)28-23-26(15-17-36(28)45)40-33-12-6-4-10-29(33)39(30-11-5-7-13-34(30)40)31-18-20-43-37(31)38-32(39)19-21-44-38/h1-23H. The van der Waals surface area contributed by atoms with E-state index >= 15 is 0 Å². The molecule has 0 saturated carbocycles. The minimum absolute atomic E-state index is 0.364. The van der Waals surface area contributed by atoms with Gasteiger partial charge < -0.3 is 4.90 Å². The molecule has 214 valence electrons. The van der Waals surface area contributed by atoms with Crippen LogP contribution in [-0.4, -0.2) is 8.42 Å².